The highest BCUT2D eigenvalue weighted by Gasteiger charge is 2.28. The van der Waals surface area contributed by atoms with Gasteiger partial charge in [-0.2, -0.15) is 4.98 Å². The molecule has 2 heterocycles. The van der Waals surface area contributed by atoms with Gasteiger partial charge in [0, 0.05) is 30.1 Å². The molecule has 0 unspecified atom stereocenters. The van der Waals surface area contributed by atoms with E-state index in [-0.39, 0.29) is 11.8 Å². The van der Waals surface area contributed by atoms with Crippen molar-refractivity contribution >= 4 is 5.91 Å². The predicted molar refractivity (Wildman–Crippen MR) is 128 cm³/mol. The molecule has 1 amide bonds. The van der Waals surface area contributed by atoms with Gasteiger partial charge >= 0.3 is 0 Å². The molecule has 0 spiro atoms. The van der Waals surface area contributed by atoms with Crippen molar-refractivity contribution < 1.29 is 14.1 Å². The Morgan fingerprint density at radius 1 is 1.09 bits per heavy atom. The summed E-state index contributed by atoms with van der Waals surface area (Å²) in [6.45, 7) is 3.61. The van der Waals surface area contributed by atoms with Crippen LogP contribution in [0.25, 0.3) is 11.4 Å². The lowest BCUT2D eigenvalue weighted by Gasteiger charge is -2.30. The second kappa shape index (κ2) is 11.1. The first-order chi connectivity index (χ1) is 16.2. The fourth-order valence-electron chi connectivity index (χ4n) is 4.36. The Morgan fingerprint density at radius 2 is 1.88 bits per heavy atom. The minimum Gasteiger partial charge on any atom is -0.497 e. The van der Waals surface area contributed by atoms with Crippen molar-refractivity contribution in [3.8, 4) is 17.1 Å². The van der Waals surface area contributed by atoms with Crippen LogP contribution in [-0.2, 0) is 6.42 Å². The molecule has 33 heavy (non-hydrogen) atoms. The Bertz CT molecular complexity index is 1040. The van der Waals surface area contributed by atoms with Crippen LogP contribution in [-0.4, -0.2) is 41.1 Å². The minimum absolute atomic E-state index is 0.105. The largest absolute Gasteiger partial charge is 0.497 e. The molecule has 174 valence electrons. The molecule has 0 bridgehead atoms. The number of benzene rings is 2. The number of amides is 1. The Balaban J connectivity index is 1.30. The number of aryl methyl sites for hydroxylation is 1. The van der Waals surface area contributed by atoms with Gasteiger partial charge in [-0.3, -0.25) is 4.79 Å². The highest BCUT2D eigenvalue weighted by atomic mass is 16.5. The van der Waals surface area contributed by atoms with Gasteiger partial charge in [-0.1, -0.05) is 55.6 Å². The first-order valence-electron chi connectivity index (χ1n) is 12.0. The lowest BCUT2D eigenvalue weighted by Crippen LogP contribution is -2.38. The Kier molecular flexibility index (Phi) is 7.76. The number of likely N-dealkylation sites (tertiary alicyclic amines) is 1. The summed E-state index contributed by atoms with van der Waals surface area (Å²) < 4.78 is 10.8. The van der Waals surface area contributed by atoms with Crippen molar-refractivity contribution in [2.75, 3.05) is 20.2 Å². The van der Waals surface area contributed by atoms with Gasteiger partial charge in [0.2, 0.25) is 11.7 Å². The predicted octanol–water partition coefficient (Wildman–Crippen LogP) is 5.89. The van der Waals surface area contributed by atoms with Gasteiger partial charge in [0.05, 0.1) is 7.11 Å². The zero-order chi connectivity index (χ0) is 23.0. The summed E-state index contributed by atoms with van der Waals surface area (Å²) in [7, 11) is 1.64. The van der Waals surface area contributed by atoms with Gasteiger partial charge in [0.1, 0.15) is 5.75 Å². The van der Waals surface area contributed by atoms with E-state index in [1.54, 1.807) is 7.11 Å². The third-order valence-electron chi connectivity index (χ3n) is 6.42. The van der Waals surface area contributed by atoms with Gasteiger partial charge < -0.3 is 14.2 Å². The summed E-state index contributed by atoms with van der Waals surface area (Å²) in [6, 6.07) is 15.8. The first kappa shape index (κ1) is 23.0. The zero-order valence-electron chi connectivity index (χ0n) is 19.6. The quantitative estimate of drug-likeness (QED) is 0.383. The van der Waals surface area contributed by atoms with Gasteiger partial charge in [-0.15, -0.1) is 0 Å². The summed E-state index contributed by atoms with van der Waals surface area (Å²) in [5, 5.41) is 4.16. The number of carbonyl (C=O) groups is 1. The number of carbonyl (C=O) groups excluding carboxylic acids is 1. The van der Waals surface area contributed by atoms with Crippen molar-refractivity contribution in [3.05, 3.63) is 65.5 Å². The van der Waals surface area contributed by atoms with Crippen LogP contribution in [0.5, 0.6) is 5.75 Å². The maximum Gasteiger partial charge on any atom is 0.253 e. The minimum atomic E-state index is 0.105. The normalized spacial score (nSPS) is 14.4. The van der Waals surface area contributed by atoms with Gasteiger partial charge in [0.25, 0.3) is 5.91 Å². The number of hydrogen-bond donors (Lipinski definition) is 0. The fraction of sp³-hybridized carbons (Fsp3) is 0.444. The highest BCUT2D eigenvalue weighted by molar-refractivity contribution is 5.94. The molecule has 0 aliphatic carbocycles. The molecule has 1 aliphatic heterocycles. The second-order valence-electron chi connectivity index (χ2n) is 8.76. The van der Waals surface area contributed by atoms with Gasteiger partial charge in [0.15, 0.2) is 0 Å². The van der Waals surface area contributed by atoms with Crippen LogP contribution in [0.3, 0.4) is 0 Å². The van der Waals surface area contributed by atoms with Gasteiger partial charge in [-0.25, -0.2) is 0 Å². The van der Waals surface area contributed by atoms with Crippen molar-refractivity contribution in [1.29, 1.82) is 0 Å². The van der Waals surface area contributed by atoms with E-state index in [2.05, 4.69) is 29.2 Å². The summed E-state index contributed by atoms with van der Waals surface area (Å²) >= 11 is 0. The molecule has 1 saturated heterocycles. The summed E-state index contributed by atoms with van der Waals surface area (Å²) in [5.74, 6) is 2.25. The molecule has 6 nitrogen and oxygen atoms in total. The van der Waals surface area contributed by atoms with E-state index in [9.17, 15) is 4.79 Å². The number of aromatic nitrogens is 2. The van der Waals surface area contributed by atoms with Gasteiger partial charge in [-0.05, 0) is 55.5 Å². The average Bonchev–Trinajstić information content (AvgIpc) is 3.37. The Morgan fingerprint density at radius 3 is 2.61 bits per heavy atom. The van der Waals surface area contributed by atoms with Crippen LogP contribution < -0.4 is 4.74 Å². The van der Waals surface area contributed by atoms with E-state index in [4.69, 9.17) is 9.26 Å². The molecule has 0 saturated carbocycles. The van der Waals surface area contributed by atoms with Crippen LogP contribution in [0.15, 0.2) is 53.1 Å². The molecule has 0 N–H and O–H groups in total. The van der Waals surface area contributed by atoms with E-state index in [1.807, 2.05) is 41.3 Å². The summed E-state index contributed by atoms with van der Waals surface area (Å²) in [4.78, 5) is 19.5. The zero-order valence-corrected chi connectivity index (χ0v) is 19.6. The van der Waals surface area contributed by atoms with Crippen molar-refractivity contribution in [3.63, 3.8) is 0 Å². The van der Waals surface area contributed by atoms with Crippen LogP contribution >= 0.6 is 0 Å². The molecule has 2 aromatic carbocycles. The van der Waals surface area contributed by atoms with E-state index in [1.165, 1.54) is 31.2 Å². The molecular formula is C27H33N3O3. The summed E-state index contributed by atoms with van der Waals surface area (Å²) in [6.07, 6.45) is 7.75. The third-order valence-corrected chi connectivity index (χ3v) is 6.42. The highest BCUT2D eigenvalue weighted by Crippen LogP contribution is 2.30. The Labute approximate surface area is 196 Å². The Hall–Kier alpha value is -3.15. The lowest BCUT2D eigenvalue weighted by molar-refractivity contribution is 0.0704. The number of unbranched alkanes of at least 4 members (excludes halogenated alkanes) is 3. The van der Waals surface area contributed by atoms with Crippen molar-refractivity contribution in [2.45, 2.75) is 57.8 Å². The standard InChI is InChI=1S/C27H33N3O3/c1-3-4-5-6-8-20-11-13-22(14-12-20)27(31)30-17-15-21(16-18-30)26-28-25(29-33-26)23-9-7-10-24(19-23)32-2/h7,9-14,19,21H,3-6,8,15-18H2,1-2H3. The monoisotopic (exact) mass is 447 g/mol. The van der Waals surface area contributed by atoms with Crippen LogP contribution in [0.4, 0.5) is 0 Å². The van der Waals surface area contributed by atoms with Crippen LogP contribution in [0.1, 0.15) is 73.2 Å². The average molecular weight is 448 g/mol. The maximum atomic E-state index is 13.0. The number of rotatable bonds is 9. The molecule has 1 fully saturated rings. The molecule has 6 heteroatoms. The fourth-order valence-corrected chi connectivity index (χ4v) is 4.36. The molecule has 3 aromatic rings. The number of nitrogens with zero attached hydrogens (tertiary/aromatic N) is 3. The molecule has 0 atom stereocenters. The molecule has 1 aliphatic rings. The smallest absolute Gasteiger partial charge is 0.253 e. The second-order valence-corrected chi connectivity index (χ2v) is 8.76. The summed E-state index contributed by atoms with van der Waals surface area (Å²) in [5.41, 5.74) is 2.94. The van der Waals surface area contributed by atoms with Crippen LogP contribution in [0.2, 0.25) is 0 Å². The van der Waals surface area contributed by atoms with Crippen molar-refractivity contribution in [1.82, 2.24) is 15.0 Å². The topological polar surface area (TPSA) is 68.5 Å². The number of hydrogen-bond acceptors (Lipinski definition) is 5. The van der Waals surface area contributed by atoms with E-state index >= 15 is 0 Å². The molecular weight excluding hydrogens is 414 g/mol. The number of ether oxygens (including phenoxy) is 1. The lowest BCUT2D eigenvalue weighted by atomic mass is 9.96. The third kappa shape index (κ3) is 5.81. The SMILES string of the molecule is CCCCCCc1ccc(C(=O)N2CCC(c3nc(-c4cccc(OC)c4)no3)CC2)cc1. The van der Waals surface area contributed by atoms with Crippen LogP contribution in [0, 0.1) is 0 Å². The molecule has 0 radical (unpaired) electrons. The number of methoxy groups -OCH3 is 1. The molecule has 1 aromatic heterocycles. The van der Waals surface area contributed by atoms with Crippen molar-refractivity contribution in [2.24, 2.45) is 0 Å². The maximum absolute atomic E-state index is 13.0. The first-order valence-corrected chi connectivity index (χ1v) is 12.0. The van der Waals surface area contributed by atoms with E-state index in [0.717, 1.165) is 36.1 Å². The molecule has 4 rings (SSSR count). The van der Waals surface area contributed by atoms with E-state index in [0.29, 0.717) is 24.8 Å². The number of piperidine rings is 1. The van der Waals surface area contributed by atoms with E-state index < -0.39 is 0 Å².